The number of β-lactam (4-membered cyclic amide) rings is 1. The maximum Gasteiger partial charge on any atom is 0.334 e. The molecule has 2 saturated heterocycles. The van der Waals surface area contributed by atoms with Crippen molar-refractivity contribution in [3.05, 3.63) is 28.1 Å². The SMILES string of the molecule is O=C(O)C1/C(=C/c2cccs2)OC2CC(=O)N21. The summed E-state index contributed by atoms with van der Waals surface area (Å²) in [7, 11) is 0. The molecule has 0 bridgehead atoms. The van der Waals surface area contributed by atoms with Gasteiger partial charge in [0.1, 0.15) is 5.76 Å². The third-order valence-electron chi connectivity index (χ3n) is 2.83. The third kappa shape index (κ3) is 1.52. The molecule has 1 amide bonds. The van der Waals surface area contributed by atoms with E-state index in [1.54, 1.807) is 6.08 Å². The summed E-state index contributed by atoms with van der Waals surface area (Å²) in [4.78, 5) is 24.7. The first-order valence-electron chi connectivity index (χ1n) is 5.12. The number of hydrogen-bond donors (Lipinski definition) is 1. The highest BCUT2D eigenvalue weighted by atomic mass is 32.1. The first-order valence-corrected chi connectivity index (χ1v) is 6.00. The smallest absolute Gasteiger partial charge is 0.334 e. The van der Waals surface area contributed by atoms with Crippen molar-refractivity contribution in [2.75, 3.05) is 0 Å². The number of carbonyl (C=O) groups is 2. The number of aliphatic carboxylic acids is 1. The van der Waals surface area contributed by atoms with Crippen LogP contribution in [0.2, 0.25) is 0 Å². The Balaban J connectivity index is 1.95. The summed E-state index contributed by atoms with van der Waals surface area (Å²) in [6.45, 7) is 0. The molecule has 3 heterocycles. The quantitative estimate of drug-likeness (QED) is 0.800. The summed E-state index contributed by atoms with van der Waals surface area (Å²) in [5, 5.41) is 11.0. The fourth-order valence-corrected chi connectivity index (χ4v) is 2.69. The number of carboxylic acid groups (broad SMARTS) is 1. The Labute approximate surface area is 101 Å². The van der Waals surface area contributed by atoms with E-state index in [2.05, 4.69) is 0 Å². The fraction of sp³-hybridized carbons (Fsp3) is 0.273. The van der Waals surface area contributed by atoms with E-state index in [-0.39, 0.29) is 12.3 Å². The first-order chi connectivity index (χ1) is 8.16. The Kier molecular flexibility index (Phi) is 2.19. The van der Waals surface area contributed by atoms with Crippen molar-refractivity contribution in [3.8, 4) is 0 Å². The Bertz CT molecular complexity index is 508. The largest absolute Gasteiger partial charge is 0.479 e. The van der Waals surface area contributed by atoms with Gasteiger partial charge in [-0.2, -0.15) is 0 Å². The van der Waals surface area contributed by atoms with E-state index in [9.17, 15) is 9.59 Å². The number of carbonyl (C=O) groups excluding carboxylic acids is 1. The highest BCUT2D eigenvalue weighted by Crippen LogP contribution is 2.37. The molecule has 5 nitrogen and oxygen atoms in total. The molecule has 0 radical (unpaired) electrons. The lowest BCUT2D eigenvalue weighted by Crippen LogP contribution is -2.54. The van der Waals surface area contributed by atoms with Crippen LogP contribution in [0.1, 0.15) is 11.3 Å². The molecule has 2 aliphatic heterocycles. The zero-order valence-corrected chi connectivity index (χ0v) is 9.52. The summed E-state index contributed by atoms with van der Waals surface area (Å²) in [5.74, 6) is -0.879. The van der Waals surface area contributed by atoms with Crippen LogP contribution in [-0.4, -0.2) is 34.2 Å². The highest BCUT2D eigenvalue weighted by molar-refractivity contribution is 7.10. The van der Waals surface area contributed by atoms with E-state index in [1.165, 1.54) is 16.2 Å². The van der Waals surface area contributed by atoms with Gasteiger partial charge >= 0.3 is 5.97 Å². The van der Waals surface area contributed by atoms with Crippen LogP contribution in [0.3, 0.4) is 0 Å². The molecular weight excluding hydrogens is 242 g/mol. The first kappa shape index (κ1) is 10.3. The van der Waals surface area contributed by atoms with Gasteiger partial charge in [0.25, 0.3) is 0 Å². The lowest BCUT2D eigenvalue weighted by atomic mass is 10.1. The minimum absolute atomic E-state index is 0.169. The standard InChI is InChI=1S/C11H9NO4S/c13-8-5-9-12(8)10(11(14)15)7(16-9)4-6-2-1-3-17-6/h1-4,9-10H,5H2,(H,14,15)/b7-4-. The van der Waals surface area contributed by atoms with Crippen LogP contribution >= 0.6 is 11.3 Å². The summed E-state index contributed by atoms with van der Waals surface area (Å²) in [6.07, 6.45) is 1.57. The molecule has 17 heavy (non-hydrogen) atoms. The molecular formula is C11H9NO4S. The summed E-state index contributed by atoms with van der Waals surface area (Å²) < 4.78 is 5.47. The van der Waals surface area contributed by atoms with E-state index in [1.807, 2.05) is 17.5 Å². The minimum atomic E-state index is -1.05. The molecule has 0 aromatic carbocycles. The van der Waals surface area contributed by atoms with Crippen LogP contribution in [0.15, 0.2) is 23.3 Å². The highest BCUT2D eigenvalue weighted by Gasteiger charge is 2.53. The number of fused-ring (bicyclic) bond motifs is 1. The van der Waals surface area contributed by atoms with Gasteiger partial charge in [-0.15, -0.1) is 11.3 Å². The maximum atomic E-state index is 11.3. The van der Waals surface area contributed by atoms with Gasteiger partial charge in [-0.25, -0.2) is 4.79 Å². The van der Waals surface area contributed by atoms with E-state index >= 15 is 0 Å². The molecule has 0 aliphatic carbocycles. The number of rotatable bonds is 2. The van der Waals surface area contributed by atoms with Gasteiger partial charge in [-0.05, 0) is 17.5 Å². The molecule has 2 unspecified atom stereocenters. The van der Waals surface area contributed by atoms with Crippen molar-refractivity contribution in [2.24, 2.45) is 0 Å². The van der Waals surface area contributed by atoms with Gasteiger partial charge in [0, 0.05) is 4.88 Å². The van der Waals surface area contributed by atoms with Crippen LogP contribution in [0.4, 0.5) is 0 Å². The van der Waals surface area contributed by atoms with Gasteiger partial charge in [0.2, 0.25) is 5.91 Å². The normalized spacial score (nSPS) is 28.8. The third-order valence-corrected chi connectivity index (χ3v) is 3.65. The second-order valence-electron chi connectivity index (χ2n) is 3.88. The second kappa shape index (κ2) is 3.59. The summed E-state index contributed by atoms with van der Waals surface area (Å²) in [5.41, 5.74) is 0. The van der Waals surface area contributed by atoms with Crippen molar-refractivity contribution in [1.82, 2.24) is 4.90 Å². The Hall–Kier alpha value is -1.82. The van der Waals surface area contributed by atoms with Crippen molar-refractivity contribution in [3.63, 3.8) is 0 Å². The molecule has 2 fully saturated rings. The van der Waals surface area contributed by atoms with Crippen molar-refractivity contribution >= 4 is 29.3 Å². The second-order valence-corrected chi connectivity index (χ2v) is 4.86. The van der Waals surface area contributed by atoms with Crippen molar-refractivity contribution < 1.29 is 19.4 Å². The molecule has 2 atom stereocenters. The predicted octanol–water partition coefficient (Wildman–Crippen LogP) is 1.13. The number of amides is 1. The van der Waals surface area contributed by atoms with E-state index in [4.69, 9.17) is 9.84 Å². The van der Waals surface area contributed by atoms with Gasteiger partial charge in [0.15, 0.2) is 12.3 Å². The monoisotopic (exact) mass is 251 g/mol. The van der Waals surface area contributed by atoms with Crippen LogP contribution in [0, 0.1) is 0 Å². The zero-order chi connectivity index (χ0) is 12.0. The topological polar surface area (TPSA) is 66.8 Å². The molecule has 0 saturated carbocycles. The average molecular weight is 251 g/mol. The van der Waals surface area contributed by atoms with Gasteiger partial charge in [-0.3, -0.25) is 9.69 Å². The Morgan fingerprint density at radius 1 is 1.65 bits per heavy atom. The van der Waals surface area contributed by atoms with Gasteiger partial charge < -0.3 is 9.84 Å². The lowest BCUT2D eigenvalue weighted by Gasteiger charge is -2.33. The maximum absolute atomic E-state index is 11.3. The number of hydrogen-bond acceptors (Lipinski definition) is 4. The number of nitrogens with zero attached hydrogens (tertiary/aromatic N) is 1. The zero-order valence-electron chi connectivity index (χ0n) is 8.70. The summed E-state index contributed by atoms with van der Waals surface area (Å²) in [6, 6.07) is 2.78. The van der Waals surface area contributed by atoms with E-state index < -0.39 is 18.2 Å². The van der Waals surface area contributed by atoms with Crippen LogP contribution in [-0.2, 0) is 14.3 Å². The number of thiophene rings is 1. The van der Waals surface area contributed by atoms with Gasteiger partial charge in [-0.1, -0.05) is 6.07 Å². The Morgan fingerprint density at radius 3 is 3.06 bits per heavy atom. The van der Waals surface area contributed by atoms with Crippen LogP contribution in [0.25, 0.3) is 6.08 Å². The Morgan fingerprint density at radius 2 is 2.47 bits per heavy atom. The number of carboxylic acids is 1. The molecule has 2 aliphatic rings. The van der Waals surface area contributed by atoms with Crippen LogP contribution in [0.5, 0.6) is 0 Å². The lowest BCUT2D eigenvalue weighted by molar-refractivity contribution is -0.163. The minimum Gasteiger partial charge on any atom is -0.479 e. The van der Waals surface area contributed by atoms with E-state index in [0.29, 0.717) is 5.76 Å². The molecule has 88 valence electrons. The predicted molar refractivity (Wildman–Crippen MR) is 60.1 cm³/mol. The molecule has 1 aromatic rings. The van der Waals surface area contributed by atoms with Gasteiger partial charge in [0.05, 0.1) is 6.42 Å². The fourth-order valence-electron chi connectivity index (χ4n) is 2.04. The molecule has 1 aromatic heterocycles. The van der Waals surface area contributed by atoms with Crippen molar-refractivity contribution in [2.45, 2.75) is 18.7 Å². The summed E-state index contributed by atoms with van der Waals surface area (Å²) >= 11 is 1.49. The molecule has 1 N–H and O–H groups in total. The van der Waals surface area contributed by atoms with E-state index in [0.717, 1.165) is 4.88 Å². The molecule has 3 rings (SSSR count). The molecule has 6 heteroatoms. The van der Waals surface area contributed by atoms with Crippen molar-refractivity contribution in [1.29, 1.82) is 0 Å². The molecule has 0 spiro atoms. The van der Waals surface area contributed by atoms with Crippen LogP contribution < -0.4 is 0 Å². The number of ether oxygens (including phenoxy) is 1. The average Bonchev–Trinajstić information content (AvgIpc) is 2.84.